The van der Waals surface area contributed by atoms with Crippen LogP contribution in [0, 0.1) is 5.92 Å². The van der Waals surface area contributed by atoms with E-state index in [4.69, 9.17) is 4.98 Å². The molecular weight excluding hydrogens is 434 g/mol. The number of nitrogens with zero attached hydrogens (tertiary/aromatic N) is 5. The topological polar surface area (TPSA) is 44.6 Å². The highest BCUT2D eigenvalue weighted by atomic mass is 16.2. The Balaban J connectivity index is 1.11. The summed E-state index contributed by atoms with van der Waals surface area (Å²) < 4.78 is 2.32. The molecule has 0 N–H and O–H groups in total. The minimum Gasteiger partial charge on any atom is -0.368 e. The molecule has 2 aliphatic rings. The molecule has 3 heterocycles. The summed E-state index contributed by atoms with van der Waals surface area (Å²) in [7, 11) is 0. The number of para-hydroxylation sites is 2. The highest BCUT2D eigenvalue weighted by Crippen LogP contribution is 2.24. The van der Waals surface area contributed by atoms with E-state index >= 15 is 0 Å². The predicted molar refractivity (Wildman–Crippen MR) is 143 cm³/mol. The molecule has 5 rings (SSSR count). The summed E-state index contributed by atoms with van der Waals surface area (Å²) in [6.45, 7) is 11.6. The van der Waals surface area contributed by atoms with Crippen LogP contribution in [0.2, 0.25) is 0 Å². The lowest BCUT2D eigenvalue weighted by Crippen LogP contribution is -2.51. The minimum atomic E-state index is 0.163. The number of amides is 1. The van der Waals surface area contributed by atoms with E-state index in [2.05, 4.69) is 81.6 Å². The third-order valence-corrected chi connectivity index (χ3v) is 7.78. The second-order valence-corrected chi connectivity index (χ2v) is 10.0. The summed E-state index contributed by atoms with van der Waals surface area (Å²) in [5, 5.41) is 0. The van der Waals surface area contributed by atoms with Gasteiger partial charge in [0.05, 0.1) is 17.6 Å². The number of benzene rings is 2. The molecule has 0 saturated carbocycles. The Morgan fingerprint density at radius 2 is 1.63 bits per heavy atom. The molecule has 0 bridgehead atoms. The zero-order chi connectivity index (χ0) is 24.2. The Morgan fingerprint density at radius 3 is 2.31 bits per heavy atom. The largest absolute Gasteiger partial charge is 0.368 e. The van der Waals surface area contributed by atoms with E-state index in [9.17, 15) is 4.79 Å². The number of aryl methyl sites for hydroxylation is 2. The zero-order valence-electron chi connectivity index (χ0n) is 21.3. The first-order valence-electron chi connectivity index (χ1n) is 13.5. The van der Waals surface area contributed by atoms with Crippen molar-refractivity contribution in [2.75, 3.05) is 44.2 Å². The first-order valence-corrected chi connectivity index (χ1v) is 13.5. The molecule has 186 valence electrons. The van der Waals surface area contributed by atoms with E-state index in [1.54, 1.807) is 0 Å². The van der Waals surface area contributed by atoms with E-state index in [1.165, 1.54) is 23.2 Å². The molecule has 6 nitrogen and oxygen atoms in total. The van der Waals surface area contributed by atoms with Crippen LogP contribution in [-0.4, -0.2) is 64.5 Å². The van der Waals surface area contributed by atoms with E-state index in [1.807, 2.05) is 0 Å². The van der Waals surface area contributed by atoms with Gasteiger partial charge in [0.25, 0.3) is 0 Å². The van der Waals surface area contributed by atoms with Crippen LogP contribution in [0.25, 0.3) is 11.0 Å². The van der Waals surface area contributed by atoms with Crippen molar-refractivity contribution in [2.24, 2.45) is 5.92 Å². The van der Waals surface area contributed by atoms with Crippen LogP contribution >= 0.6 is 0 Å². The maximum Gasteiger partial charge on any atom is 0.225 e. The number of likely N-dealkylation sites (tertiary alicyclic amines) is 1. The van der Waals surface area contributed by atoms with Crippen LogP contribution in [0.5, 0.6) is 0 Å². The number of rotatable bonds is 7. The number of hydrogen-bond acceptors (Lipinski definition) is 4. The molecule has 0 aliphatic carbocycles. The van der Waals surface area contributed by atoms with Gasteiger partial charge in [0.2, 0.25) is 5.91 Å². The van der Waals surface area contributed by atoms with E-state index in [0.29, 0.717) is 5.91 Å². The van der Waals surface area contributed by atoms with Crippen LogP contribution in [0.15, 0.2) is 48.5 Å². The van der Waals surface area contributed by atoms with Crippen molar-refractivity contribution in [1.29, 1.82) is 0 Å². The normalized spacial score (nSPS) is 17.9. The maximum absolute atomic E-state index is 13.3. The summed E-state index contributed by atoms with van der Waals surface area (Å²) in [6, 6.07) is 17.4. The third kappa shape index (κ3) is 5.22. The van der Waals surface area contributed by atoms with Gasteiger partial charge in [-0.1, -0.05) is 37.6 Å². The van der Waals surface area contributed by atoms with Crippen molar-refractivity contribution in [2.45, 2.75) is 52.6 Å². The van der Waals surface area contributed by atoms with Crippen molar-refractivity contribution >= 4 is 22.6 Å². The Morgan fingerprint density at radius 1 is 0.914 bits per heavy atom. The molecule has 35 heavy (non-hydrogen) atoms. The first kappa shape index (κ1) is 23.9. The van der Waals surface area contributed by atoms with Crippen molar-refractivity contribution in [3.8, 4) is 0 Å². The van der Waals surface area contributed by atoms with Crippen LogP contribution in [0.1, 0.15) is 44.5 Å². The number of aromatic nitrogens is 2. The average molecular weight is 474 g/mol. The molecule has 3 aromatic rings. The molecule has 2 aromatic carbocycles. The molecule has 1 aromatic heterocycles. The summed E-state index contributed by atoms with van der Waals surface area (Å²) in [6.07, 6.45) is 4.22. The first-order chi connectivity index (χ1) is 17.2. The number of carbonyl (C=O) groups excluding carboxylic acids is 1. The molecule has 0 unspecified atom stereocenters. The van der Waals surface area contributed by atoms with Crippen molar-refractivity contribution in [1.82, 2.24) is 19.4 Å². The fraction of sp³-hybridized carbons (Fsp3) is 0.517. The van der Waals surface area contributed by atoms with Crippen molar-refractivity contribution < 1.29 is 4.79 Å². The van der Waals surface area contributed by atoms with Crippen LogP contribution < -0.4 is 4.90 Å². The van der Waals surface area contributed by atoms with Gasteiger partial charge >= 0.3 is 0 Å². The van der Waals surface area contributed by atoms with E-state index in [-0.39, 0.29) is 5.92 Å². The van der Waals surface area contributed by atoms with Gasteiger partial charge < -0.3 is 14.4 Å². The molecule has 6 heteroatoms. The Bertz CT molecular complexity index is 1120. The van der Waals surface area contributed by atoms with Gasteiger partial charge in [-0.2, -0.15) is 0 Å². The SMILES string of the molecule is CCCc1ccc(N2CCN(C(=O)C3CCN(Cc4nc5ccccc5n4CC)CC3)CC2)cc1. The number of anilines is 1. The average Bonchev–Trinajstić information content (AvgIpc) is 3.26. The molecule has 0 radical (unpaired) electrons. The fourth-order valence-electron chi connectivity index (χ4n) is 5.74. The quantitative estimate of drug-likeness (QED) is 0.504. The summed E-state index contributed by atoms with van der Waals surface area (Å²) in [4.78, 5) is 25.2. The minimum absolute atomic E-state index is 0.163. The van der Waals surface area contributed by atoms with Gasteiger partial charge in [-0.15, -0.1) is 0 Å². The highest BCUT2D eigenvalue weighted by Gasteiger charge is 2.31. The van der Waals surface area contributed by atoms with Crippen LogP contribution in [-0.2, 0) is 24.3 Å². The van der Waals surface area contributed by atoms with Crippen LogP contribution in [0.4, 0.5) is 5.69 Å². The van der Waals surface area contributed by atoms with Gasteiger partial charge in [-0.05, 0) is 69.1 Å². The van der Waals surface area contributed by atoms with Crippen molar-refractivity contribution in [3.05, 3.63) is 59.9 Å². The molecule has 0 spiro atoms. The summed E-state index contributed by atoms with van der Waals surface area (Å²) in [5.41, 5.74) is 4.98. The monoisotopic (exact) mass is 473 g/mol. The lowest BCUT2D eigenvalue weighted by atomic mass is 9.95. The smallest absolute Gasteiger partial charge is 0.225 e. The van der Waals surface area contributed by atoms with Gasteiger partial charge in [-0.3, -0.25) is 9.69 Å². The van der Waals surface area contributed by atoms with Gasteiger partial charge in [0, 0.05) is 44.3 Å². The third-order valence-electron chi connectivity index (χ3n) is 7.78. The second kappa shape index (κ2) is 10.8. The molecule has 0 atom stereocenters. The predicted octanol–water partition coefficient (Wildman–Crippen LogP) is 4.57. The number of carbonyl (C=O) groups is 1. The van der Waals surface area contributed by atoms with Gasteiger partial charge in [0.1, 0.15) is 5.82 Å². The Kier molecular flexibility index (Phi) is 7.37. The standard InChI is InChI=1S/C29H39N5O/c1-3-7-23-10-12-25(13-11-23)32-18-20-33(21-19-32)29(35)24-14-16-31(17-15-24)22-28-30-26-8-5-6-9-27(26)34(28)4-2/h5-6,8-13,24H,3-4,7,14-22H2,1-2H3. The van der Waals surface area contributed by atoms with Crippen LogP contribution in [0.3, 0.4) is 0 Å². The lowest BCUT2D eigenvalue weighted by molar-refractivity contribution is -0.137. The molecular formula is C29H39N5O. The van der Waals surface area contributed by atoms with E-state index in [0.717, 1.165) is 83.0 Å². The maximum atomic E-state index is 13.3. The fourth-order valence-corrected chi connectivity index (χ4v) is 5.74. The highest BCUT2D eigenvalue weighted by molar-refractivity contribution is 5.79. The van der Waals surface area contributed by atoms with Gasteiger partial charge in [-0.25, -0.2) is 4.98 Å². The number of hydrogen-bond donors (Lipinski definition) is 0. The zero-order valence-corrected chi connectivity index (χ0v) is 21.3. The summed E-state index contributed by atoms with van der Waals surface area (Å²) >= 11 is 0. The lowest BCUT2D eigenvalue weighted by Gasteiger charge is -2.39. The molecule has 1 amide bonds. The Hall–Kier alpha value is -2.86. The van der Waals surface area contributed by atoms with Crippen molar-refractivity contribution in [3.63, 3.8) is 0 Å². The molecule has 2 saturated heterocycles. The number of piperidine rings is 1. The van der Waals surface area contributed by atoms with E-state index < -0.39 is 0 Å². The molecule has 2 aliphatic heterocycles. The molecule has 2 fully saturated rings. The van der Waals surface area contributed by atoms with Gasteiger partial charge in [0.15, 0.2) is 0 Å². The number of imidazole rings is 1. The Labute approximate surface area is 209 Å². The summed E-state index contributed by atoms with van der Waals surface area (Å²) in [5.74, 6) is 1.66. The number of piperazine rings is 1. The second-order valence-electron chi connectivity index (χ2n) is 10.0. The number of fused-ring (bicyclic) bond motifs is 1.